The fraction of sp³-hybridized carbons (Fsp3) is 0.474. The van der Waals surface area contributed by atoms with Gasteiger partial charge >= 0.3 is 6.18 Å². The summed E-state index contributed by atoms with van der Waals surface area (Å²) in [6, 6.07) is 4.74. The summed E-state index contributed by atoms with van der Waals surface area (Å²) in [6.45, 7) is 4.90. The van der Waals surface area contributed by atoms with Crippen LogP contribution < -0.4 is 5.32 Å². The van der Waals surface area contributed by atoms with Crippen molar-refractivity contribution in [3.05, 3.63) is 70.6 Å². The number of nitrogens with zero attached hydrogens (tertiary/aromatic N) is 6. The Morgan fingerprint density at radius 1 is 1.00 bits per heavy atom. The number of amides is 2. The highest BCUT2D eigenvalue weighted by molar-refractivity contribution is 6.07. The Morgan fingerprint density at radius 3 is 2.48 bits per heavy atom. The van der Waals surface area contributed by atoms with Crippen LogP contribution in [0.5, 0.6) is 0 Å². The standard InChI is InChI=1S/C38H40F3N7O4/c1-21-10-11-31(38(39,40)41)45-27(21)14-30(50)29-15-37-16-32(37)48(29)34(52)19-47-36-24(8-6-4-5-7-9-33(51)44-20-37)12-25(28-18-42-22(2)17-43-28)13-26(36)35(46-47)23(3)49/h10-13,17-18,29,32H,4-9,14-16,19-20H2,1-3H3,(H,44,51)/t29-,32+,37-/m0/s1. The SMILES string of the molecule is CC(=O)c1nn2c3c(cc(-c4cnc(C)cn4)cc13)CCCCCCC(=O)NC[C@@]13C[C@@H](C(=O)Cc4nc(C(F)(F)F)ccc4C)N(C(=O)C2)[C@@H]1C3. The molecule has 5 heterocycles. The van der Waals surface area contributed by atoms with Gasteiger partial charge in [0, 0.05) is 48.5 Å². The van der Waals surface area contributed by atoms with Crippen LogP contribution in [0, 0.1) is 19.3 Å². The van der Waals surface area contributed by atoms with Crippen molar-refractivity contribution in [2.45, 2.75) is 103 Å². The molecule has 3 atom stereocenters. The zero-order valence-electron chi connectivity index (χ0n) is 29.3. The van der Waals surface area contributed by atoms with Gasteiger partial charge in [0.1, 0.15) is 17.9 Å². The molecule has 14 heteroatoms. The molecular formula is C38H40F3N7O4. The number of carbonyl (C=O) groups excluding carboxylic acids is 4. The van der Waals surface area contributed by atoms with E-state index >= 15 is 0 Å². The zero-order chi connectivity index (χ0) is 36.9. The number of rotatable bonds is 5. The minimum Gasteiger partial charge on any atom is -0.355 e. The molecule has 7 rings (SSSR count). The second-order valence-electron chi connectivity index (χ2n) is 14.5. The van der Waals surface area contributed by atoms with Gasteiger partial charge in [0.15, 0.2) is 11.6 Å². The molecule has 1 saturated carbocycles. The van der Waals surface area contributed by atoms with E-state index in [0.717, 1.165) is 42.1 Å². The lowest BCUT2D eigenvalue weighted by atomic mass is 9.94. The molecule has 2 bridgehead atoms. The third kappa shape index (κ3) is 6.82. The van der Waals surface area contributed by atoms with Crippen LogP contribution in [0.3, 0.4) is 0 Å². The van der Waals surface area contributed by atoms with Gasteiger partial charge in [-0.3, -0.25) is 33.8 Å². The van der Waals surface area contributed by atoms with Gasteiger partial charge in [-0.05, 0) is 75.3 Å². The Balaban J connectivity index is 1.28. The van der Waals surface area contributed by atoms with Crippen LogP contribution in [0.1, 0.15) is 90.6 Å². The van der Waals surface area contributed by atoms with Gasteiger partial charge in [-0.15, -0.1) is 0 Å². The Kier molecular flexibility index (Phi) is 9.20. The highest BCUT2D eigenvalue weighted by Crippen LogP contribution is 2.59. The molecule has 2 amide bonds. The van der Waals surface area contributed by atoms with E-state index in [1.807, 2.05) is 19.1 Å². The Bertz CT molecular complexity index is 2090. The van der Waals surface area contributed by atoms with Gasteiger partial charge in [-0.25, -0.2) is 4.98 Å². The third-order valence-electron chi connectivity index (χ3n) is 10.8. The van der Waals surface area contributed by atoms with Gasteiger partial charge in [0.05, 0.1) is 41.3 Å². The number of carbonyl (C=O) groups is 4. The van der Waals surface area contributed by atoms with Crippen molar-refractivity contribution >= 4 is 34.3 Å². The number of alkyl halides is 3. The normalized spacial score (nSPS) is 22.5. The molecule has 1 saturated heterocycles. The number of hydrogen-bond donors (Lipinski definition) is 1. The van der Waals surface area contributed by atoms with E-state index in [2.05, 4.69) is 25.4 Å². The first-order valence-electron chi connectivity index (χ1n) is 17.7. The van der Waals surface area contributed by atoms with E-state index in [-0.39, 0.29) is 48.5 Å². The predicted octanol–water partition coefficient (Wildman–Crippen LogP) is 5.52. The molecule has 3 aliphatic rings. The van der Waals surface area contributed by atoms with Crippen molar-refractivity contribution in [2.75, 3.05) is 6.54 Å². The molecule has 0 unspecified atom stereocenters. The van der Waals surface area contributed by atoms with Crippen LogP contribution in [0.4, 0.5) is 13.2 Å². The maximum absolute atomic E-state index is 14.4. The molecule has 52 heavy (non-hydrogen) atoms. The fourth-order valence-electron chi connectivity index (χ4n) is 7.90. The molecule has 272 valence electrons. The number of ketones is 2. The highest BCUT2D eigenvalue weighted by Gasteiger charge is 2.66. The van der Waals surface area contributed by atoms with Crippen molar-refractivity contribution in [3.63, 3.8) is 0 Å². The summed E-state index contributed by atoms with van der Waals surface area (Å²) >= 11 is 0. The van der Waals surface area contributed by atoms with E-state index in [1.54, 1.807) is 28.9 Å². The number of piperidine rings is 1. The topological polar surface area (TPSA) is 140 Å². The van der Waals surface area contributed by atoms with E-state index < -0.39 is 35.0 Å². The maximum Gasteiger partial charge on any atom is 0.433 e. The van der Waals surface area contributed by atoms with Crippen molar-refractivity contribution in [3.8, 4) is 11.3 Å². The summed E-state index contributed by atoms with van der Waals surface area (Å²) in [5.74, 6) is -1.18. The lowest BCUT2D eigenvalue weighted by Gasteiger charge is -2.27. The minimum atomic E-state index is -4.68. The first kappa shape index (κ1) is 35.4. The van der Waals surface area contributed by atoms with Crippen LogP contribution in [-0.4, -0.2) is 71.6 Å². The van der Waals surface area contributed by atoms with Gasteiger partial charge in [-0.1, -0.05) is 18.9 Å². The number of nitrogens with one attached hydrogen (secondary N) is 1. The summed E-state index contributed by atoms with van der Waals surface area (Å²) in [5, 5.41) is 8.28. The molecular weight excluding hydrogens is 675 g/mol. The lowest BCUT2D eigenvalue weighted by Crippen LogP contribution is -2.45. The summed E-state index contributed by atoms with van der Waals surface area (Å²) in [5.41, 5.74) is 2.73. The minimum absolute atomic E-state index is 0.00693. The lowest BCUT2D eigenvalue weighted by molar-refractivity contribution is -0.141. The van der Waals surface area contributed by atoms with Crippen LogP contribution in [0.2, 0.25) is 0 Å². The molecule has 1 aliphatic carbocycles. The molecule has 3 aromatic heterocycles. The summed E-state index contributed by atoms with van der Waals surface area (Å²) < 4.78 is 42.1. The number of benzene rings is 1. The Hall–Kier alpha value is -5.01. The van der Waals surface area contributed by atoms with Gasteiger partial charge in [0.2, 0.25) is 11.8 Å². The van der Waals surface area contributed by atoms with Crippen molar-refractivity contribution in [2.24, 2.45) is 5.41 Å². The van der Waals surface area contributed by atoms with Gasteiger partial charge < -0.3 is 10.2 Å². The number of hydrogen-bond acceptors (Lipinski definition) is 8. The summed E-state index contributed by atoms with van der Waals surface area (Å²) in [4.78, 5) is 68.6. The first-order valence-corrected chi connectivity index (χ1v) is 17.7. The van der Waals surface area contributed by atoms with Crippen molar-refractivity contribution in [1.82, 2.24) is 34.9 Å². The number of aryl methyl sites for hydroxylation is 3. The number of halogens is 3. The summed E-state index contributed by atoms with van der Waals surface area (Å²) in [6.07, 6.45) is 3.33. The maximum atomic E-state index is 14.4. The molecule has 0 spiro atoms. The zero-order valence-corrected chi connectivity index (χ0v) is 29.3. The number of pyridine rings is 1. The Labute approximate surface area is 298 Å². The third-order valence-corrected chi connectivity index (χ3v) is 10.8. The fourth-order valence-corrected chi connectivity index (χ4v) is 7.90. The highest BCUT2D eigenvalue weighted by atomic mass is 19.4. The largest absolute Gasteiger partial charge is 0.433 e. The Morgan fingerprint density at radius 2 is 1.77 bits per heavy atom. The molecule has 11 nitrogen and oxygen atoms in total. The average Bonchev–Trinajstić information content (AvgIpc) is 3.50. The predicted molar refractivity (Wildman–Crippen MR) is 184 cm³/mol. The quantitative estimate of drug-likeness (QED) is 0.267. The molecule has 2 aliphatic heterocycles. The first-order chi connectivity index (χ1) is 24.7. The average molecular weight is 716 g/mol. The monoisotopic (exact) mass is 715 g/mol. The summed E-state index contributed by atoms with van der Waals surface area (Å²) in [7, 11) is 0. The van der Waals surface area contributed by atoms with Crippen molar-refractivity contribution < 1.29 is 32.3 Å². The molecule has 4 aromatic rings. The second-order valence-corrected chi connectivity index (χ2v) is 14.5. The van der Waals surface area contributed by atoms with E-state index in [1.165, 1.54) is 13.0 Å². The smallest absolute Gasteiger partial charge is 0.355 e. The van der Waals surface area contributed by atoms with Crippen LogP contribution in [0.25, 0.3) is 22.2 Å². The molecule has 0 radical (unpaired) electrons. The number of Topliss-reactive ketones (excluding diaryl/α,β-unsaturated/α-hetero) is 2. The second kappa shape index (κ2) is 13.5. The van der Waals surface area contributed by atoms with E-state index in [0.29, 0.717) is 54.4 Å². The van der Waals surface area contributed by atoms with Crippen LogP contribution in [0.15, 0.2) is 36.7 Å². The van der Waals surface area contributed by atoms with Crippen LogP contribution >= 0.6 is 0 Å². The molecule has 1 aromatic carbocycles. The molecule has 1 N–H and O–H groups in total. The molecule has 2 fully saturated rings. The van der Waals surface area contributed by atoms with Crippen molar-refractivity contribution in [1.29, 1.82) is 0 Å². The van der Waals surface area contributed by atoms with E-state index in [9.17, 15) is 32.3 Å². The van der Waals surface area contributed by atoms with Gasteiger partial charge in [0.25, 0.3) is 0 Å². The number of aromatic nitrogens is 5. The van der Waals surface area contributed by atoms with E-state index in [4.69, 9.17) is 0 Å². The van der Waals surface area contributed by atoms with Gasteiger partial charge in [-0.2, -0.15) is 18.3 Å². The van der Waals surface area contributed by atoms with Crippen LogP contribution in [-0.2, 0) is 39.9 Å².